The third-order valence-corrected chi connectivity index (χ3v) is 4.39. The van der Waals surface area contributed by atoms with Crippen molar-refractivity contribution in [3.8, 4) is 0 Å². The molecule has 0 bridgehead atoms. The second-order valence-electron chi connectivity index (χ2n) is 4.34. The number of carboxylic acid groups (broad SMARTS) is 1. The lowest BCUT2D eigenvalue weighted by Gasteiger charge is -2.05. The van der Waals surface area contributed by atoms with E-state index in [4.69, 9.17) is 9.52 Å². The Morgan fingerprint density at radius 3 is 2.76 bits per heavy atom. The summed E-state index contributed by atoms with van der Waals surface area (Å²) in [5.41, 5.74) is 0. The molecule has 0 saturated carbocycles. The Bertz CT molecular complexity index is 761. The van der Waals surface area contributed by atoms with Crippen LogP contribution in [0, 0.1) is 6.92 Å². The maximum Gasteiger partial charge on any atom is 0.371 e. The smallest absolute Gasteiger partial charge is 0.371 e. The molecule has 114 valence electrons. The van der Waals surface area contributed by atoms with E-state index in [0.29, 0.717) is 12.2 Å². The number of aryl methyl sites for hydroxylation is 2. The molecule has 0 saturated heterocycles. The summed E-state index contributed by atoms with van der Waals surface area (Å²) in [6.45, 7) is 1.51. The Morgan fingerprint density at radius 1 is 1.52 bits per heavy atom. The van der Waals surface area contributed by atoms with Crippen LogP contribution in [-0.4, -0.2) is 40.8 Å². The van der Waals surface area contributed by atoms with Gasteiger partial charge >= 0.3 is 5.97 Å². The van der Waals surface area contributed by atoms with Crippen LogP contribution in [0.1, 0.15) is 22.1 Å². The SMILES string of the molecule is Cc1oc(C(=O)O)cc1S(=O)(=O)NCCc1nncn1C. The molecule has 2 heterocycles. The molecule has 0 atom stereocenters. The third-order valence-electron chi connectivity index (χ3n) is 2.82. The number of hydrogen-bond acceptors (Lipinski definition) is 6. The summed E-state index contributed by atoms with van der Waals surface area (Å²) >= 11 is 0. The number of sulfonamides is 1. The second kappa shape index (κ2) is 5.66. The molecule has 0 amide bonds. The summed E-state index contributed by atoms with van der Waals surface area (Å²) in [5.74, 6) is -1.08. The summed E-state index contributed by atoms with van der Waals surface area (Å²) in [5, 5.41) is 16.3. The maximum absolute atomic E-state index is 12.1. The monoisotopic (exact) mass is 314 g/mol. The Morgan fingerprint density at radius 2 is 2.24 bits per heavy atom. The quantitative estimate of drug-likeness (QED) is 0.764. The van der Waals surface area contributed by atoms with Crippen molar-refractivity contribution in [2.24, 2.45) is 7.05 Å². The topological polar surface area (TPSA) is 127 Å². The number of aromatic nitrogens is 3. The van der Waals surface area contributed by atoms with Crippen molar-refractivity contribution < 1.29 is 22.7 Å². The van der Waals surface area contributed by atoms with Crippen molar-refractivity contribution in [3.05, 3.63) is 29.7 Å². The van der Waals surface area contributed by atoms with E-state index in [1.165, 1.54) is 13.3 Å². The molecule has 0 unspecified atom stereocenters. The molecule has 21 heavy (non-hydrogen) atoms. The van der Waals surface area contributed by atoms with Crippen molar-refractivity contribution in [1.29, 1.82) is 0 Å². The van der Waals surface area contributed by atoms with Gasteiger partial charge in [-0.2, -0.15) is 0 Å². The van der Waals surface area contributed by atoms with E-state index in [-0.39, 0.29) is 17.2 Å². The predicted molar refractivity (Wildman–Crippen MR) is 70.3 cm³/mol. The van der Waals surface area contributed by atoms with E-state index in [9.17, 15) is 13.2 Å². The molecule has 2 rings (SSSR count). The minimum atomic E-state index is -3.83. The Labute approximate surface area is 120 Å². The van der Waals surface area contributed by atoms with Crippen LogP contribution >= 0.6 is 0 Å². The van der Waals surface area contributed by atoms with Crippen molar-refractivity contribution >= 4 is 16.0 Å². The highest BCUT2D eigenvalue weighted by molar-refractivity contribution is 7.89. The number of hydrogen-bond donors (Lipinski definition) is 2. The number of nitrogens with zero attached hydrogens (tertiary/aromatic N) is 3. The minimum absolute atomic E-state index is 0.0264. The van der Waals surface area contributed by atoms with Crippen LogP contribution in [0.15, 0.2) is 21.7 Å². The number of nitrogens with one attached hydrogen (secondary N) is 1. The zero-order chi connectivity index (χ0) is 15.6. The normalized spacial score (nSPS) is 11.7. The molecule has 9 nitrogen and oxygen atoms in total. The first kappa shape index (κ1) is 15.2. The summed E-state index contributed by atoms with van der Waals surface area (Å²) in [4.78, 5) is 10.6. The first-order valence-corrected chi connectivity index (χ1v) is 7.46. The molecule has 2 aromatic heterocycles. The minimum Gasteiger partial charge on any atom is -0.475 e. The van der Waals surface area contributed by atoms with Gasteiger partial charge in [-0.3, -0.25) is 0 Å². The summed E-state index contributed by atoms with van der Waals surface area (Å²) in [7, 11) is -2.08. The van der Waals surface area contributed by atoms with Crippen LogP contribution in [0.25, 0.3) is 0 Å². The lowest BCUT2D eigenvalue weighted by molar-refractivity contribution is 0.0661. The number of aromatic carboxylic acids is 1. The van der Waals surface area contributed by atoms with Gasteiger partial charge in [0.25, 0.3) is 0 Å². The molecule has 10 heteroatoms. The summed E-state index contributed by atoms with van der Waals surface area (Å²) < 4.78 is 33.1. The van der Waals surface area contributed by atoms with Crippen LogP contribution in [0.2, 0.25) is 0 Å². The van der Waals surface area contributed by atoms with Crippen LogP contribution in [-0.2, 0) is 23.5 Å². The zero-order valence-corrected chi connectivity index (χ0v) is 12.2. The molecule has 0 radical (unpaired) electrons. The van der Waals surface area contributed by atoms with Crippen molar-refractivity contribution in [2.75, 3.05) is 6.54 Å². The van der Waals surface area contributed by atoms with Gasteiger partial charge in [0.1, 0.15) is 22.8 Å². The van der Waals surface area contributed by atoms with Crippen LogP contribution in [0.5, 0.6) is 0 Å². The third kappa shape index (κ3) is 3.28. The van der Waals surface area contributed by atoms with Gasteiger partial charge < -0.3 is 14.1 Å². The lowest BCUT2D eigenvalue weighted by atomic mass is 10.4. The standard InChI is InChI=1S/C11H14N4O5S/c1-7-9(5-8(20-7)11(16)17)21(18,19)13-4-3-10-14-12-6-15(10)2/h5-6,13H,3-4H2,1-2H3,(H,16,17). The number of furan rings is 1. The first-order chi connectivity index (χ1) is 9.81. The Kier molecular flexibility index (Phi) is 4.09. The molecule has 0 spiro atoms. The largest absolute Gasteiger partial charge is 0.475 e. The molecule has 2 aromatic rings. The zero-order valence-electron chi connectivity index (χ0n) is 11.4. The van der Waals surface area contributed by atoms with E-state index < -0.39 is 21.8 Å². The highest BCUT2D eigenvalue weighted by atomic mass is 32.2. The van der Waals surface area contributed by atoms with E-state index in [0.717, 1.165) is 6.07 Å². The van der Waals surface area contributed by atoms with E-state index in [1.807, 2.05) is 0 Å². The van der Waals surface area contributed by atoms with Crippen molar-refractivity contribution in [3.63, 3.8) is 0 Å². The fourth-order valence-electron chi connectivity index (χ4n) is 1.75. The van der Waals surface area contributed by atoms with Gasteiger partial charge in [0, 0.05) is 26.1 Å². The Hall–Kier alpha value is -2.20. The van der Waals surface area contributed by atoms with Crippen molar-refractivity contribution in [2.45, 2.75) is 18.2 Å². The van der Waals surface area contributed by atoms with Crippen LogP contribution in [0.4, 0.5) is 0 Å². The molecule has 0 aliphatic rings. The molecule has 0 aliphatic carbocycles. The second-order valence-corrected chi connectivity index (χ2v) is 6.08. The van der Waals surface area contributed by atoms with Gasteiger partial charge in [-0.15, -0.1) is 10.2 Å². The first-order valence-electron chi connectivity index (χ1n) is 5.97. The number of carboxylic acids is 1. The number of carbonyl (C=O) groups is 1. The fraction of sp³-hybridized carbons (Fsp3) is 0.364. The van der Waals surface area contributed by atoms with Crippen LogP contribution < -0.4 is 4.72 Å². The highest BCUT2D eigenvalue weighted by Crippen LogP contribution is 2.19. The van der Waals surface area contributed by atoms with E-state index in [2.05, 4.69) is 14.9 Å². The Balaban J connectivity index is 2.08. The van der Waals surface area contributed by atoms with Gasteiger partial charge in [0.05, 0.1) is 0 Å². The van der Waals surface area contributed by atoms with Gasteiger partial charge in [0.2, 0.25) is 15.8 Å². The average Bonchev–Trinajstić information content (AvgIpc) is 2.96. The molecule has 0 aromatic carbocycles. The van der Waals surface area contributed by atoms with Crippen LogP contribution in [0.3, 0.4) is 0 Å². The van der Waals surface area contributed by atoms with Gasteiger partial charge in [-0.05, 0) is 6.92 Å². The molecule has 0 fully saturated rings. The van der Waals surface area contributed by atoms with Crippen molar-refractivity contribution in [1.82, 2.24) is 19.5 Å². The van der Waals surface area contributed by atoms with Gasteiger partial charge in [-0.25, -0.2) is 17.9 Å². The van der Waals surface area contributed by atoms with E-state index >= 15 is 0 Å². The number of rotatable bonds is 6. The van der Waals surface area contributed by atoms with Gasteiger partial charge in [0.15, 0.2) is 0 Å². The molecular weight excluding hydrogens is 300 g/mol. The molecule has 2 N–H and O–H groups in total. The fourth-order valence-corrected chi connectivity index (χ4v) is 2.95. The predicted octanol–water partition coefficient (Wildman–Crippen LogP) is -0.0643. The molecular formula is C11H14N4O5S. The van der Waals surface area contributed by atoms with Gasteiger partial charge in [-0.1, -0.05) is 0 Å². The van der Waals surface area contributed by atoms with E-state index in [1.54, 1.807) is 11.6 Å². The average molecular weight is 314 g/mol. The summed E-state index contributed by atoms with van der Waals surface area (Å²) in [6.07, 6.45) is 1.88. The maximum atomic E-state index is 12.1. The lowest BCUT2D eigenvalue weighted by Crippen LogP contribution is -2.26. The molecule has 0 aliphatic heterocycles. The summed E-state index contributed by atoms with van der Waals surface area (Å²) in [6, 6.07) is 0.988. The highest BCUT2D eigenvalue weighted by Gasteiger charge is 2.23.